The average molecular weight is 352 g/mol. The zero-order chi connectivity index (χ0) is 17.9. The molecule has 2 heterocycles. The summed E-state index contributed by atoms with van der Waals surface area (Å²) >= 11 is 0. The smallest absolute Gasteiger partial charge is 0.277 e. The summed E-state index contributed by atoms with van der Waals surface area (Å²) in [6, 6.07) is 14.3. The van der Waals surface area contributed by atoms with Gasteiger partial charge in [0.1, 0.15) is 0 Å². The molecule has 0 saturated carbocycles. The van der Waals surface area contributed by atoms with Gasteiger partial charge >= 0.3 is 0 Å². The van der Waals surface area contributed by atoms with Crippen LogP contribution >= 0.6 is 0 Å². The number of hydrogen-bond donors (Lipinski definition) is 2. The maximum atomic E-state index is 12.2. The van der Waals surface area contributed by atoms with Gasteiger partial charge in [0.2, 0.25) is 6.79 Å². The van der Waals surface area contributed by atoms with Crippen LogP contribution in [0.4, 0.5) is 5.69 Å². The van der Waals surface area contributed by atoms with Crippen LogP contribution in [0.5, 0.6) is 11.5 Å². The van der Waals surface area contributed by atoms with Crippen LogP contribution in [0.1, 0.15) is 22.2 Å². The minimum Gasteiger partial charge on any atom is -0.454 e. The van der Waals surface area contributed by atoms with E-state index >= 15 is 0 Å². The average Bonchev–Trinajstić information content (AvgIpc) is 3.31. The van der Waals surface area contributed by atoms with Crippen LogP contribution in [0.2, 0.25) is 0 Å². The molecule has 8 nitrogen and oxygen atoms in total. The van der Waals surface area contributed by atoms with Gasteiger partial charge in [-0.3, -0.25) is 4.79 Å². The number of carbonyl (C=O) groups excluding carboxylic acids is 1. The molecule has 132 valence electrons. The number of aliphatic hydroxyl groups is 1. The number of benzene rings is 2. The standard InChI is InChI=1S/C18H16N4O4/c23-15(12-6-7-16-17(8-12)26-11-25-16)10-22-9-14(20-21-22)18(24)19-13-4-2-1-3-5-13/h1-9,15,23H,10-11H2,(H,19,24)/t15-/m0/s1. The molecule has 8 heteroatoms. The minimum atomic E-state index is -0.823. The molecule has 2 N–H and O–H groups in total. The predicted molar refractivity (Wildman–Crippen MR) is 91.9 cm³/mol. The van der Waals surface area contributed by atoms with Gasteiger partial charge in [0.25, 0.3) is 5.91 Å². The molecule has 1 amide bonds. The van der Waals surface area contributed by atoms with Crippen molar-refractivity contribution in [1.82, 2.24) is 15.0 Å². The van der Waals surface area contributed by atoms with Crippen molar-refractivity contribution in [2.75, 3.05) is 12.1 Å². The van der Waals surface area contributed by atoms with Crippen molar-refractivity contribution in [3.8, 4) is 11.5 Å². The van der Waals surface area contributed by atoms with Crippen molar-refractivity contribution < 1.29 is 19.4 Å². The summed E-state index contributed by atoms with van der Waals surface area (Å²) < 4.78 is 12.0. The first-order chi connectivity index (χ1) is 12.7. The Labute approximate surface area is 149 Å². The lowest BCUT2D eigenvalue weighted by atomic mass is 10.1. The maximum absolute atomic E-state index is 12.2. The van der Waals surface area contributed by atoms with E-state index in [0.29, 0.717) is 22.7 Å². The molecule has 1 atom stereocenters. The zero-order valence-corrected chi connectivity index (χ0v) is 13.7. The van der Waals surface area contributed by atoms with Crippen LogP contribution in [-0.4, -0.2) is 32.8 Å². The largest absolute Gasteiger partial charge is 0.454 e. The lowest BCUT2D eigenvalue weighted by Gasteiger charge is -2.11. The van der Waals surface area contributed by atoms with Gasteiger partial charge in [0.15, 0.2) is 17.2 Å². The van der Waals surface area contributed by atoms with Crippen molar-refractivity contribution in [1.29, 1.82) is 0 Å². The molecule has 1 aromatic heterocycles. The highest BCUT2D eigenvalue weighted by Gasteiger charge is 2.18. The molecule has 0 radical (unpaired) electrons. The van der Waals surface area contributed by atoms with Crippen molar-refractivity contribution in [3.63, 3.8) is 0 Å². The van der Waals surface area contributed by atoms with Crippen LogP contribution in [0.25, 0.3) is 0 Å². The third-order valence-electron chi connectivity index (χ3n) is 3.94. The molecular weight excluding hydrogens is 336 g/mol. The van der Waals surface area contributed by atoms with Gasteiger partial charge in [-0.05, 0) is 29.8 Å². The second-order valence-corrected chi connectivity index (χ2v) is 5.77. The normalized spacial score (nSPS) is 13.4. The summed E-state index contributed by atoms with van der Waals surface area (Å²) in [6.45, 7) is 0.336. The van der Waals surface area contributed by atoms with Crippen LogP contribution in [0, 0.1) is 0 Å². The first-order valence-corrected chi connectivity index (χ1v) is 8.03. The molecule has 4 rings (SSSR count). The Morgan fingerprint density at radius 1 is 1.19 bits per heavy atom. The van der Waals surface area contributed by atoms with E-state index in [1.165, 1.54) is 10.9 Å². The summed E-state index contributed by atoms with van der Waals surface area (Å²) in [6.07, 6.45) is 0.672. The summed E-state index contributed by atoms with van der Waals surface area (Å²) in [4.78, 5) is 12.2. The number of aliphatic hydroxyl groups excluding tert-OH is 1. The van der Waals surface area contributed by atoms with Gasteiger partial charge in [0, 0.05) is 5.69 Å². The van der Waals surface area contributed by atoms with Gasteiger partial charge in [-0.25, -0.2) is 4.68 Å². The summed E-state index contributed by atoms with van der Waals surface area (Å²) in [5.41, 5.74) is 1.51. The van der Waals surface area contributed by atoms with E-state index in [0.717, 1.165) is 0 Å². The van der Waals surface area contributed by atoms with Crippen molar-refractivity contribution in [2.24, 2.45) is 0 Å². The topological polar surface area (TPSA) is 98.5 Å². The molecule has 2 aromatic carbocycles. The van der Waals surface area contributed by atoms with E-state index < -0.39 is 6.10 Å². The molecule has 0 saturated heterocycles. The number of rotatable bonds is 5. The number of para-hydroxylation sites is 1. The van der Waals surface area contributed by atoms with Gasteiger partial charge in [-0.2, -0.15) is 0 Å². The SMILES string of the molecule is O=C(Nc1ccccc1)c1cn(C[C@H](O)c2ccc3c(c2)OCO3)nn1. The Morgan fingerprint density at radius 3 is 2.85 bits per heavy atom. The highest BCUT2D eigenvalue weighted by molar-refractivity contribution is 6.02. The lowest BCUT2D eigenvalue weighted by Crippen LogP contribution is -2.12. The zero-order valence-electron chi connectivity index (χ0n) is 13.7. The van der Waals surface area contributed by atoms with Gasteiger partial charge in [-0.15, -0.1) is 5.10 Å². The fraction of sp³-hybridized carbons (Fsp3) is 0.167. The number of ether oxygens (including phenoxy) is 2. The summed E-state index contributed by atoms with van der Waals surface area (Å²) in [5.74, 6) is 0.893. The molecule has 0 bridgehead atoms. The molecule has 1 aliphatic heterocycles. The van der Waals surface area contributed by atoms with Gasteiger partial charge in [0.05, 0.1) is 18.8 Å². The Morgan fingerprint density at radius 2 is 2.00 bits per heavy atom. The molecule has 26 heavy (non-hydrogen) atoms. The lowest BCUT2D eigenvalue weighted by molar-refractivity contribution is 0.102. The number of fused-ring (bicyclic) bond motifs is 1. The third-order valence-corrected chi connectivity index (χ3v) is 3.94. The molecule has 3 aromatic rings. The number of nitrogens with zero attached hydrogens (tertiary/aromatic N) is 3. The Hall–Kier alpha value is -3.39. The predicted octanol–water partition coefficient (Wildman–Crippen LogP) is 1.99. The summed E-state index contributed by atoms with van der Waals surface area (Å²) in [7, 11) is 0. The molecule has 0 fully saturated rings. The number of nitrogens with one attached hydrogen (secondary N) is 1. The van der Waals surface area contributed by atoms with Crippen LogP contribution in [0.3, 0.4) is 0 Å². The minimum absolute atomic E-state index is 0.158. The van der Waals surface area contributed by atoms with E-state index in [-0.39, 0.29) is 24.9 Å². The van der Waals surface area contributed by atoms with Crippen molar-refractivity contribution >= 4 is 11.6 Å². The fourth-order valence-corrected chi connectivity index (χ4v) is 2.61. The molecule has 0 aliphatic carbocycles. The second-order valence-electron chi connectivity index (χ2n) is 5.77. The number of amides is 1. The van der Waals surface area contributed by atoms with Gasteiger partial charge in [-0.1, -0.05) is 29.5 Å². The molecule has 1 aliphatic rings. The first kappa shape index (κ1) is 16.1. The Kier molecular flexibility index (Phi) is 4.24. The van der Waals surface area contributed by atoms with Crippen LogP contribution < -0.4 is 14.8 Å². The molecular formula is C18H16N4O4. The Balaban J connectivity index is 1.42. The quantitative estimate of drug-likeness (QED) is 0.729. The van der Waals surface area contributed by atoms with Crippen molar-refractivity contribution in [3.05, 3.63) is 66.0 Å². The Bertz CT molecular complexity index is 926. The number of hydrogen-bond acceptors (Lipinski definition) is 6. The summed E-state index contributed by atoms with van der Waals surface area (Å²) in [5, 5.41) is 20.9. The van der Waals surface area contributed by atoms with Crippen LogP contribution in [-0.2, 0) is 6.54 Å². The number of carbonyl (C=O) groups is 1. The maximum Gasteiger partial charge on any atom is 0.277 e. The monoisotopic (exact) mass is 352 g/mol. The van der Waals surface area contributed by atoms with E-state index in [4.69, 9.17) is 9.47 Å². The van der Waals surface area contributed by atoms with Gasteiger partial charge < -0.3 is 19.9 Å². The highest BCUT2D eigenvalue weighted by Crippen LogP contribution is 2.34. The van der Waals surface area contributed by atoms with E-state index in [1.54, 1.807) is 30.3 Å². The van der Waals surface area contributed by atoms with E-state index in [9.17, 15) is 9.90 Å². The molecule has 0 spiro atoms. The van der Waals surface area contributed by atoms with Crippen LogP contribution in [0.15, 0.2) is 54.7 Å². The van der Waals surface area contributed by atoms with E-state index in [1.807, 2.05) is 18.2 Å². The first-order valence-electron chi connectivity index (χ1n) is 8.03. The van der Waals surface area contributed by atoms with E-state index in [2.05, 4.69) is 15.6 Å². The third kappa shape index (κ3) is 3.35. The van der Waals surface area contributed by atoms with Crippen molar-refractivity contribution in [2.45, 2.75) is 12.6 Å². The fourth-order valence-electron chi connectivity index (χ4n) is 2.61. The highest BCUT2D eigenvalue weighted by atomic mass is 16.7. The number of aromatic nitrogens is 3. The number of anilines is 1. The molecule has 0 unspecified atom stereocenters. The second kappa shape index (κ2) is 6.85.